The van der Waals surface area contributed by atoms with Crippen molar-refractivity contribution >= 4 is 28.5 Å². The lowest BCUT2D eigenvalue weighted by atomic mass is 10.2. The third kappa shape index (κ3) is 2.81. The molecule has 0 fully saturated rings. The van der Waals surface area contributed by atoms with Crippen LogP contribution in [-0.2, 0) is 13.6 Å². The third-order valence-corrected chi connectivity index (χ3v) is 5.83. The Morgan fingerprint density at radius 2 is 2.00 bits per heavy atom. The number of halogens is 2. The average molecular weight is 418 g/mol. The van der Waals surface area contributed by atoms with Crippen LogP contribution in [0.1, 0.15) is 37.6 Å². The summed E-state index contributed by atoms with van der Waals surface area (Å²) in [5, 5.41) is 0.163. The zero-order valence-electron chi connectivity index (χ0n) is 16.6. The van der Waals surface area contributed by atoms with Crippen LogP contribution in [0.15, 0.2) is 34.0 Å². The molecule has 0 spiro atoms. The van der Waals surface area contributed by atoms with Gasteiger partial charge in [0.25, 0.3) is 5.56 Å². The van der Waals surface area contributed by atoms with Gasteiger partial charge in [0, 0.05) is 35.6 Å². The Hall–Kier alpha value is -2.87. The molecule has 0 aliphatic heterocycles. The minimum absolute atomic E-state index is 0.0989. The third-order valence-electron chi connectivity index (χ3n) is 5.48. The van der Waals surface area contributed by atoms with E-state index < -0.39 is 17.1 Å². The first-order chi connectivity index (χ1) is 13.8. The standard InChI is InChI=1S/C20H21ClFN5O2/c1-5-11(2)27-12(3)9-25-16-17(23-19(25)27)24(4)20(29)26(18(16)28)10-13-14(21)7-6-8-15(13)22/h6-9,11H,5,10H2,1-4H3/t11-/m0/s1. The van der Waals surface area contributed by atoms with Crippen molar-refractivity contribution in [1.29, 1.82) is 0 Å². The summed E-state index contributed by atoms with van der Waals surface area (Å²) in [5.41, 5.74) is 0.524. The second kappa shape index (κ2) is 6.88. The number of hydrogen-bond donors (Lipinski definition) is 0. The van der Waals surface area contributed by atoms with Crippen LogP contribution in [0.2, 0.25) is 5.02 Å². The van der Waals surface area contributed by atoms with E-state index in [2.05, 4.69) is 18.8 Å². The van der Waals surface area contributed by atoms with Gasteiger partial charge in [0.2, 0.25) is 5.78 Å². The van der Waals surface area contributed by atoms with Crippen molar-refractivity contribution in [3.05, 3.63) is 67.3 Å². The summed E-state index contributed by atoms with van der Waals surface area (Å²) in [5.74, 6) is 0.0318. The highest BCUT2D eigenvalue weighted by Gasteiger charge is 2.22. The summed E-state index contributed by atoms with van der Waals surface area (Å²) in [7, 11) is 1.55. The molecule has 0 unspecified atom stereocenters. The van der Waals surface area contributed by atoms with Crippen molar-refractivity contribution in [3.63, 3.8) is 0 Å². The van der Waals surface area contributed by atoms with E-state index in [-0.39, 0.29) is 28.7 Å². The van der Waals surface area contributed by atoms with Gasteiger partial charge in [-0.05, 0) is 32.4 Å². The fraction of sp³-hybridized carbons (Fsp3) is 0.350. The Kier molecular flexibility index (Phi) is 4.61. The Morgan fingerprint density at radius 1 is 1.28 bits per heavy atom. The van der Waals surface area contributed by atoms with Gasteiger partial charge in [-0.3, -0.25) is 18.3 Å². The molecule has 0 saturated carbocycles. The van der Waals surface area contributed by atoms with Crippen LogP contribution < -0.4 is 11.2 Å². The zero-order valence-corrected chi connectivity index (χ0v) is 17.4. The summed E-state index contributed by atoms with van der Waals surface area (Å²) < 4.78 is 20.3. The molecule has 9 heteroatoms. The number of aryl methyl sites for hydroxylation is 2. The molecule has 29 heavy (non-hydrogen) atoms. The van der Waals surface area contributed by atoms with E-state index in [0.717, 1.165) is 16.7 Å². The van der Waals surface area contributed by atoms with Crippen molar-refractivity contribution in [2.45, 2.75) is 39.8 Å². The minimum Gasteiger partial charge on any atom is -0.311 e. The average Bonchev–Trinajstić information content (AvgIpc) is 3.19. The summed E-state index contributed by atoms with van der Waals surface area (Å²) in [4.78, 5) is 30.7. The van der Waals surface area contributed by atoms with E-state index >= 15 is 0 Å². The lowest BCUT2D eigenvalue weighted by molar-refractivity contribution is 0.532. The van der Waals surface area contributed by atoms with Crippen molar-refractivity contribution in [3.8, 4) is 0 Å². The smallest absolute Gasteiger partial charge is 0.311 e. The molecule has 0 N–H and O–H groups in total. The fourth-order valence-electron chi connectivity index (χ4n) is 3.74. The van der Waals surface area contributed by atoms with E-state index in [0.29, 0.717) is 11.4 Å². The molecule has 0 aliphatic rings. The van der Waals surface area contributed by atoms with E-state index in [4.69, 9.17) is 11.6 Å². The number of fused-ring (bicyclic) bond motifs is 3. The van der Waals surface area contributed by atoms with Gasteiger partial charge in [-0.2, -0.15) is 4.98 Å². The molecule has 0 saturated heterocycles. The molecule has 0 bridgehead atoms. The van der Waals surface area contributed by atoms with Gasteiger partial charge < -0.3 is 4.57 Å². The van der Waals surface area contributed by atoms with Crippen LogP contribution in [-0.4, -0.2) is 23.1 Å². The molecule has 3 heterocycles. The summed E-state index contributed by atoms with van der Waals surface area (Å²) in [6.07, 6.45) is 2.73. The molecule has 4 aromatic rings. The molecule has 0 amide bonds. The van der Waals surface area contributed by atoms with Crippen molar-refractivity contribution in [2.75, 3.05) is 0 Å². The molecule has 0 radical (unpaired) electrons. The van der Waals surface area contributed by atoms with Crippen LogP contribution >= 0.6 is 11.6 Å². The van der Waals surface area contributed by atoms with E-state index in [1.54, 1.807) is 11.4 Å². The number of nitrogens with zero attached hydrogens (tertiary/aromatic N) is 5. The first kappa shape index (κ1) is 19.4. The monoisotopic (exact) mass is 417 g/mol. The lowest BCUT2D eigenvalue weighted by Crippen LogP contribution is -2.39. The molecular weight excluding hydrogens is 397 g/mol. The minimum atomic E-state index is -0.575. The van der Waals surface area contributed by atoms with Gasteiger partial charge in [-0.15, -0.1) is 0 Å². The van der Waals surface area contributed by atoms with Crippen LogP contribution in [0.4, 0.5) is 4.39 Å². The first-order valence-corrected chi connectivity index (χ1v) is 9.76. The van der Waals surface area contributed by atoms with Gasteiger partial charge in [-0.25, -0.2) is 9.18 Å². The summed E-state index contributed by atoms with van der Waals surface area (Å²) >= 11 is 6.11. The van der Waals surface area contributed by atoms with Crippen LogP contribution in [0.25, 0.3) is 16.9 Å². The molecular formula is C20H21ClFN5O2. The largest absolute Gasteiger partial charge is 0.332 e. The highest BCUT2D eigenvalue weighted by atomic mass is 35.5. The molecule has 7 nitrogen and oxygen atoms in total. The van der Waals surface area contributed by atoms with Crippen molar-refractivity contribution < 1.29 is 4.39 Å². The van der Waals surface area contributed by atoms with Gasteiger partial charge in [0.05, 0.1) is 6.54 Å². The van der Waals surface area contributed by atoms with Gasteiger partial charge in [0.15, 0.2) is 11.2 Å². The zero-order chi connectivity index (χ0) is 21.0. The molecule has 1 aromatic carbocycles. The maximum absolute atomic E-state index is 14.3. The SMILES string of the molecule is CC[C@H](C)n1c(C)cn2c3c(=O)n(Cc4c(F)cccc4Cl)c(=O)n(C)c3nc12. The molecule has 3 aromatic heterocycles. The number of hydrogen-bond acceptors (Lipinski definition) is 3. The van der Waals surface area contributed by atoms with Gasteiger partial charge in [0.1, 0.15) is 5.82 Å². The Bertz CT molecular complexity index is 1360. The molecule has 0 aliphatic carbocycles. The summed E-state index contributed by atoms with van der Waals surface area (Å²) in [6.45, 7) is 5.84. The van der Waals surface area contributed by atoms with Gasteiger partial charge >= 0.3 is 5.69 Å². The fourth-order valence-corrected chi connectivity index (χ4v) is 3.96. The summed E-state index contributed by atoms with van der Waals surface area (Å²) in [6, 6.07) is 4.44. The highest BCUT2D eigenvalue weighted by Crippen LogP contribution is 2.23. The molecule has 152 valence electrons. The van der Waals surface area contributed by atoms with Crippen molar-refractivity contribution in [1.82, 2.24) is 23.1 Å². The normalized spacial score (nSPS) is 12.9. The van der Waals surface area contributed by atoms with Crippen LogP contribution in [0, 0.1) is 12.7 Å². The van der Waals surface area contributed by atoms with Crippen LogP contribution in [0.5, 0.6) is 0 Å². The second-order valence-electron chi connectivity index (χ2n) is 7.28. The van der Waals surface area contributed by atoms with E-state index in [9.17, 15) is 14.0 Å². The molecule has 4 rings (SSSR count). The highest BCUT2D eigenvalue weighted by molar-refractivity contribution is 6.31. The lowest BCUT2D eigenvalue weighted by Gasteiger charge is -2.12. The quantitative estimate of drug-likeness (QED) is 0.512. The number of rotatable bonds is 4. The number of benzene rings is 1. The predicted octanol–water partition coefficient (Wildman–Crippen LogP) is 3.27. The maximum atomic E-state index is 14.3. The van der Waals surface area contributed by atoms with Gasteiger partial charge in [-0.1, -0.05) is 24.6 Å². The van der Waals surface area contributed by atoms with Crippen LogP contribution in [0.3, 0.4) is 0 Å². The maximum Gasteiger partial charge on any atom is 0.332 e. The Morgan fingerprint density at radius 3 is 2.66 bits per heavy atom. The molecule has 1 atom stereocenters. The predicted molar refractivity (Wildman–Crippen MR) is 110 cm³/mol. The number of imidazole rings is 2. The number of aromatic nitrogens is 5. The second-order valence-corrected chi connectivity index (χ2v) is 7.69. The Balaban J connectivity index is 2.04. The first-order valence-electron chi connectivity index (χ1n) is 9.38. The topological polar surface area (TPSA) is 66.2 Å². The van der Waals surface area contributed by atoms with Crippen molar-refractivity contribution in [2.24, 2.45) is 7.05 Å². The Labute approximate surface area is 170 Å². The van der Waals surface area contributed by atoms with E-state index in [1.807, 2.05) is 17.7 Å². The van der Waals surface area contributed by atoms with E-state index in [1.165, 1.54) is 22.8 Å².